The van der Waals surface area contributed by atoms with Gasteiger partial charge in [0.05, 0.1) is 0 Å². The Morgan fingerprint density at radius 1 is 1.36 bits per heavy atom. The van der Waals surface area contributed by atoms with Crippen LogP contribution >= 0.6 is 23.4 Å². The van der Waals surface area contributed by atoms with Gasteiger partial charge in [-0.3, -0.25) is 4.57 Å². The Labute approximate surface area is 139 Å². The Kier molecular flexibility index (Phi) is 6.10. The molecule has 1 aromatic carbocycles. The Morgan fingerprint density at radius 2 is 2.09 bits per heavy atom. The predicted octanol–water partition coefficient (Wildman–Crippen LogP) is 4.36. The second-order valence-corrected chi connectivity index (χ2v) is 6.17. The number of thioether (sulfide) groups is 1. The third-order valence-corrected chi connectivity index (χ3v) is 4.18. The molecule has 0 spiro atoms. The molecule has 0 saturated heterocycles. The molecule has 2 rings (SSSR count). The van der Waals surface area contributed by atoms with E-state index >= 15 is 0 Å². The highest BCUT2D eigenvalue weighted by atomic mass is 35.5. The predicted molar refractivity (Wildman–Crippen MR) is 91.5 cm³/mol. The lowest BCUT2D eigenvalue weighted by Crippen LogP contribution is -2.07. The monoisotopic (exact) mass is 335 g/mol. The van der Waals surface area contributed by atoms with Crippen molar-refractivity contribution in [2.75, 3.05) is 5.75 Å². The molecule has 0 N–H and O–H groups in total. The molecule has 0 aliphatic heterocycles. The van der Waals surface area contributed by atoms with Gasteiger partial charge in [-0.15, -0.1) is 16.8 Å². The van der Waals surface area contributed by atoms with Crippen LogP contribution in [0.15, 0.2) is 54.2 Å². The zero-order valence-corrected chi connectivity index (χ0v) is 14.0. The lowest BCUT2D eigenvalue weighted by molar-refractivity contribution is 0.289. The van der Waals surface area contributed by atoms with Crippen LogP contribution in [0.4, 0.5) is 0 Å². The van der Waals surface area contributed by atoms with Crippen LogP contribution in [0.5, 0.6) is 5.75 Å². The lowest BCUT2D eigenvalue weighted by atomic mass is 10.3. The second kappa shape index (κ2) is 8.06. The minimum absolute atomic E-state index is 0.343. The summed E-state index contributed by atoms with van der Waals surface area (Å²) in [5, 5.41) is 9.95. The molecular weight excluding hydrogens is 318 g/mol. The zero-order valence-electron chi connectivity index (χ0n) is 12.5. The van der Waals surface area contributed by atoms with Crippen molar-refractivity contribution in [2.45, 2.75) is 25.2 Å². The summed E-state index contributed by atoms with van der Waals surface area (Å²) in [4.78, 5) is 0. The smallest absolute Gasteiger partial charge is 0.191 e. The van der Waals surface area contributed by atoms with E-state index in [-0.39, 0.29) is 0 Å². The van der Waals surface area contributed by atoms with E-state index in [2.05, 4.69) is 23.4 Å². The summed E-state index contributed by atoms with van der Waals surface area (Å²) in [5.41, 5.74) is 1.09. The molecule has 1 heterocycles. The Hall–Kier alpha value is -1.72. The number of halogens is 1. The standard InChI is InChI=1S/C16H18ClN3OS/c1-4-9-20-15(18-19-16(20)22-11-12(2)3)10-21-14-7-5-13(17)6-8-14/h4-8H,1-2,9-11H2,3H3. The summed E-state index contributed by atoms with van der Waals surface area (Å²) >= 11 is 7.46. The highest BCUT2D eigenvalue weighted by Gasteiger charge is 2.12. The summed E-state index contributed by atoms with van der Waals surface area (Å²) in [6.45, 7) is 10.7. The van der Waals surface area contributed by atoms with Crippen molar-refractivity contribution in [1.29, 1.82) is 0 Å². The number of nitrogens with zero attached hydrogens (tertiary/aromatic N) is 3. The fourth-order valence-electron chi connectivity index (χ4n) is 1.71. The van der Waals surface area contributed by atoms with Gasteiger partial charge in [-0.2, -0.15) is 0 Å². The van der Waals surface area contributed by atoms with Gasteiger partial charge in [0, 0.05) is 17.3 Å². The van der Waals surface area contributed by atoms with Gasteiger partial charge in [0.2, 0.25) is 0 Å². The number of rotatable bonds is 8. The largest absolute Gasteiger partial charge is 0.486 e. The van der Waals surface area contributed by atoms with Crippen LogP contribution in [0, 0.1) is 0 Å². The molecule has 2 aromatic rings. The fourth-order valence-corrected chi connectivity index (χ4v) is 2.65. The maximum Gasteiger partial charge on any atom is 0.191 e. The van der Waals surface area contributed by atoms with Crippen LogP contribution in [0.1, 0.15) is 12.7 Å². The van der Waals surface area contributed by atoms with E-state index in [4.69, 9.17) is 16.3 Å². The molecule has 6 heteroatoms. The van der Waals surface area contributed by atoms with Gasteiger partial charge >= 0.3 is 0 Å². The third kappa shape index (κ3) is 4.64. The average molecular weight is 336 g/mol. The molecule has 0 unspecified atom stereocenters. The molecule has 0 atom stereocenters. The highest BCUT2D eigenvalue weighted by molar-refractivity contribution is 7.99. The molecule has 116 valence electrons. The number of hydrogen-bond donors (Lipinski definition) is 0. The van der Waals surface area contributed by atoms with Crippen LogP contribution in [-0.2, 0) is 13.2 Å². The van der Waals surface area contributed by atoms with Crippen LogP contribution in [0.2, 0.25) is 5.02 Å². The van der Waals surface area contributed by atoms with E-state index in [0.29, 0.717) is 18.2 Å². The molecule has 22 heavy (non-hydrogen) atoms. The molecule has 0 bridgehead atoms. The van der Waals surface area contributed by atoms with Crippen molar-refractivity contribution < 1.29 is 4.74 Å². The number of benzene rings is 1. The first kappa shape index (κ1) is 16.6. The molecular formula is C16H18ClN3OS. The maximum atomic E-state index is 5.86. The van der Waals surface area contributed by atoms with Crippen molar-refractivity contribution in [2.24, 2.45) is 0 Å². The first-order valence-electron chi connectivity index (χ1n) is 6.78. The van der Waals surface area contributed by atoms with Gasteiger partial charge in [-0.1, -0.05) is 41.6 Å². The van der Waals surface area contributed by atoms with E-state index in [1.54, 1.807) is 23.9 Å². The quantitative estimate of drug-likeness (QED) is 0.530. The Bertz CT molecular complexity index is 652. The van der Waals surface area contributed by atoms with Crippen LogP contribution in [0.25, 0.3) is 0 Å². The summed E-state index contributed by atoms with van der Waals surface area (Å²) < 4.78 is 7.73. The molecule has 0 aliphatic rings. The Balaban J connectivity index is 2.07. The molecule has 0 fully saturated rings. The summed E-state index contributed by atoms with van der Waals surface area (Å²) in [5.74, 6) is 2.32. The molecule has 0 amide bonds. The van der Waals surface area contributed by atoms with E-state index < -0.39 is 0 Å². The van der Waals surface area contributed by atoms with Crippen LogP contribution < -0.4 is 4.74 Å². The van der Waals surface area contributed by atoms with E-state index in [0.717, 1.165) is 28.1 Å². The number of aromatic nitrogens is 3. The van der Waals surface area contributed by atoms with Crippen LogP contribution in [0.3, 0.4) is 0 Å². The minimum atomic E-state index is 0.343. The topological polar surface area (TPSA) is 39.9 Å². The van der Waals surface area contributed by atoms with E-state index in [1.807, 2.05) is 29.7 Å². The summed E-state index contributed by atoms with van der Waals surface area (Å²) in [7, 11) is 0. The third-order valence-electron chi connectivity index (χ3n) is 2.73. The minimum Gasteiger partial charge on any atom is -0.486 e. The van der Waals surface area contributed by atoms with E-state index in [9.17, 15) is 0 Å². The molecule has 4 nitrogen and oxygen atoms in total. The molecule has 0 radical (unpaired) electrons. The van der Waals surface area contributed by atoms with Gasteiger partial charge < -0.3 is 4.74 Å². The zero-order chi connectivity index (χ0) is 15.9. The van der Waals surface area contributed by atoms with Crippen molar-refractivity contribution >= 4 is 23.4 Å². The lowest BCUT2D eigenvalue weighted by Gasteiger charge is -2.09. The van der Waals surface area contributed by atoms with Gasteiger partial charge in [-0.25, -0.2) is 0 Å². The number of ether oxygens (including phenoxy) is 1. The molecule has 0 saturated carbocycles. The second-order valence-electron chi connectivity index (χ2n) is 4.79. The van der Waals surface area contributed by atoms with Crippen molar-refractivity contribution in [3.05, 3.63) is 59.9 Å². The summed E-state index contributed by atoms with van der Waals surface area (Å²) in [6, 6.07) is 7.24. The maximum absolute atomic E-state index is 5.86. The van der Waals surface area contributed by atoms with E-state index in [1.165, 1.54) is 0 Å². The van der Waals surface area contributed by atoms with Crippen molar-refractivity contribution in [1.82, 2.24) is 14.8 Å². The first-order chi connectivity index (χ1) is 10.6. The average Bonchev–Trinajstić information content (AvgIpc) is 2.87. The highest BCUT2D eigenvalue weighted by Crippen LogP contribution is 2.21. The molecule has 1 aromatic heterocycles. The van der Waals surface area contributed by atoms with Gasteiger partial charge in [0.15, 0.2) is 11.0 Å². The van der Waals surface area contributed by atoms with Gasteiger partial charge in [0.1, 0.15) is 12.4 Å². The van der Waals surface area contributed by atoms with Gasteiger partial charge in [-0.05, 0) is 31.2 Å². The fraction of sp³-hybridized carbons (Fsp3) is 0.250. The normalized spacial score (nSPS) is 10.5. The summed E-state index contributed by atoms with van der Waals surface area (Å²) in [6.07, 6.45) is 1.82. The Morgan fingerprint density at radius 3 is 2.73 bits per heavy atom. The van der Waals surface area contributed by atoms with Crippen LogP contribution in [-0.4, -0.2) is 20.5 Å². The van der Waals surface area contributed by atoms with Gasteiger partial charge in [0.25, 0.3) is 0 Å². The number of hydrogen-bond acceptors (Lipinski definition) is 4. The molecule has 0 aliphatic carbocycles. The number of allylic oxidation sites excluding steroid dienone is 1. The first-order valence-corrected chi connectivity index (χ1v) is 8.15. The van der Waals surface area contributed by atoms with Crippen molar-refractivity contribution in [3.8, 4) is 5.75 Å². The SMILES string of the molecule is C=CCn1c(COc2ccc(Cl)cc2)nnc1SCC(=C)C. The van der Waals surface area contributed by atoms with Crippen molar-refractivity contribution in [3.63, 3.8) is 0 Å².